The van der Waals surface area contributed by atoms with Gasteiger partial charge in [0.05, 0.1) is 0 Å². The fraction of sp³-hybridized carbons (Fsp3) is 0.818. The van der Waals surface area contributed by atoms with Crippen molar-refractivity contribution in [2.45, 2.75) is 128 Å². The first kappa shape index (κ1) is 22.9. The van der Waals surface area contributed by atoms with Crippen LogP contribution in [0.25, 0.3) is 0 Å². The first-order valence-electron chi connectivity index (χ1n) is 14.5. The van der Waals surface area contributed by atoms with Crippen LogP contribution < -0.4 is 0 Å². The molecule has 8 fully saturated rings. The Kier molecular flexibility index (Phi) is 4.42. The summed E-state index contributed by atoms with van der Waals surface area (Å²) in [5.41, 5.74) is 7.14. The van der Waals surface area contributed by atoms with Crippen LogP contribution in [0.5, 0.6) is 0 Å². The van der Waals surface area contributed by atoms with Gasteiger partial charge < -0.3 is 0 Å². The molecule has 5 atom stereocenters. The molecule has 0 nitrogen and oxygen atoms in total. The average molecular weight is 524 g/mol. The number of rotatable bonds is 4. The van der Waals surface area contributed by atoms with E-state index < -0.39 is 0 Å². The molecule has 8 aliphatic rings. The number of hydrogen-bond acceptors (Lipinski definition) is 0. The van der Waals surface area contributed by atoms with E-state index in [2.05, 4.69) is 74.8 Å². The second-order valence-electron chi connectivity index (χ2n) is 16.8. The summed E-state index contributed by atoms with van der Waals surface area (Å²) in [7, 11) is 0. The molecular weight excluding hydrogens is 476 g/mol. The van der Waals surface area contributed by atoms with Crippen molar-refractivity contribution in [3.05, 3.63) is 35.4 Å². The molecule has 8 saturated carbocycles. The molecule has 0 spiro atoms. The van der Waals surface area contributed by atoms with Gasteiger partial charge in [0.15, 0.2) is 0 Å². The number of alkyl halides is 1. The van der Waals surface area contributed by atoms with Gasteiger partial charge in [-0.25, -0.2) is 0 Å². The highest BCUT2D eigenvalue weighted by atomic mass is 79.9. The second-order valence-corrected chi connectivity index (χ2v) is 18.4. The standard InChI is InChI=1S/C33H47Br/c1-23(34)10-24-6-8-26(9-7-24)31-16-29(4)15-30(5,17-31)21-33(20-29,22-31)32-13-25-11-27(2,18-32)14-28(3,12-25)19-32/h6-9,23,25H,10-22H2,1-5H3. The molecule has 1 heteroatoms. The van der Waals surface area contributed by atoms with Crippen LogP contribution in [0.3, 0.4) is 0 Å². The van der Waals surface area contributed by atoms with Crippen molar-refractivity contribution in [3.8, 4) is 0 Å². The van der Waals surface area contributed by atoms with Gasteiger partial charge in [0.25, 0.3) is 0 Å². The van der Waals surface area contributed by atoms with Crippen LogP contribution in [0.1, 0.15) is 123 Å². The van der Waals surface area contributed by atoms with Crippen molar-refractivity contribution in [2.24, 2.45) is 38.4 Å². The fourth-order valence-electron chi connectivity index (χ4n) is 13.9. The van der Waals surface area contributed by atoms with E-state index in [4.69, 9.17) is 0 Å². The molecular formula is C33H47Br. The predicted molar refractivity (Wildman–Crippen MR) is 146 cm³/mol. The van der Waals surface area contributed by atoms with E-state index in [1.165, 1.54) is 63.4 Å². The van der Waals surface area contributed by atoms with Gasteiger partial charge >= 0.3 is 0 Å². The predicted octanol–water partition coefficient (Wildman–Crippen LogP) is 9.63. The van der Waals surface area contributed by atoms with E-state index in [9.17, 15) is 0 Å². The number of halogens is 1. The van der Waals surface area contributed by atoms with Crippen LogP contribution in [0.4, 0.5) is 0 Å². The number of hydrogen-bond donors (Lipinski definition) is 0. The van der Waals surface area contributed by atoms with E-state index in [1.807, 2.05) is 0 Å². The van der Waals surface area contributed by atoms with Crippen molar-refractivity contribution < 1.29 is 0 Å². The maximum Gasteiger partial charge on any atom is 0.0157 e. The van der Waals surface area contributed by atoms with Gasteiger partial charge in [0, 0.05) is 4.83 Å². The minimum absolute atomic E-state index is 0.419. The molecule has 9 rings (SSSR count). The summed E-state index contributed by atoms with van der Waals surface area (Å²) >= 11 is 3.77. The molecule has 186 valence electrons. The molecule has 1 aromatic carbocycles. The van der Waals surface area contributed by atoms with Crippen LogP contribution >= 0.6 is 15.9 Å². The molecule has 8 aliphatic carbocycles. The van der Waals surface area contributed by atoms with Gasteiger partial charge in [-0.05, 0) is 138 Å². The molecule has 0 radical (unpaired) electrons. The third kappa shape index (κ3) is 3.13. The van der Waals surface area contributed by atoms with Crippen LogP contribution in [0, 0.1) is 38.4 Å². The van der Waals surface area contributed by atoms with Crippen LogP contribution in [0.15, 0.2) is 24.3 Å². The Bertz CT molecular complexity index is 979. The normalized spacial score (nSPS) is 55.6. The van der Waals surface area contributed by atoms with E-state index in [0.29, 0.717) is 42.7 Å². The molecule has 34 heavy (non-hydrogen) atoms. The maximum atomic E-state index is 3.77. The minimum atomic E-state index is 0.419. The first-order chi connectivity index (χ1) is 15.8. The van der Waals surface area contributed by atoms with Gasteiger partial charge in [-0.3, -0.25) is 0 Å². The second kappa shape index (κ2) is 6.57. The summed E-state index contributed by atoms with van der Waals surface area (Å²) in [5, 5.41) is 0. The van der Waals surface area contributed by atoms with Crippen molar-refractivity contribution in [1.29, 1.82) is 0 Å². The molecule has 5 unspecified atom stereocenters. The monoisotopic (exact) mass is 522 g/mol. The van der Waals surface area contributed by atoms with Crippen LogP contribution in [-0.2, 0) is 11.8 Å². The number of benzene rings is 1. The van der Waals surface area contributed by atoms with Gasteiger partial charge in [-0.15, -0.1) is 0 Å². The zero-order valence-corrected chi connectivity index (χ0v) is 24.1. The Labute approximate surface area is 217 Å². The molecule has 8 bridgehead atoms. The van der Waals surface area contributed by atoms with Crippen molar-refractivity contribution in [2.75, 3.05) is 0 Å². The largest absolute Gasteiger partial charge is 0.0890 e. The van der Waals surface area contributed by atoms with E-state index >= 15 is 0 Å². The third-order valence-corrected chi connectivity index (χ3v) is 12.7. The zero-order chi connectivity index (χ0) is 23.8. The minimum Gasteiger partial charge on any atom is -0.0890 e. The molecule has 0 amide bonds. The van der Waals surface area contributed by atoms with Crippen LogP contribution in [-0.4, -0.2) is 4.83 Å². The van der Waals surface area contributed by atoms with E-state index in [0.717, 1.165) is 12.3 Å². The smallest absolute Gasteiger partial charge is 0.0157 e. The zero-order valence-electron chi connectivity index (χ0n) is 22.5. The maximum absolute atomic E-state index is 3.77. The molecule has 0 saturated heterocycles. The van der Waals surface area contributed by atoms with Gasteiger partial charge in [-0.1, -0.05) is 74.8 Å². The fourth-order valence-corrected chi connectivity index (χ4v) is 14.3. The summed E-state index contributed by atoms with van der Waals surface area (Å²) in [4.78, 5) is 0.554. The van der Waals surface area contributed by atoms with Crippen molar-refractivity contribution in [1.82, 2.24) is 0 Å². The summed E-state index contributed by atoms with van der Waals surface area (Å²) in [6, 6.07) is 10.1. The molecule has 1 aromatic rings. The molecule has 0 heterocycles. The summed E-state index contributed by atoms with van der Waals surface area (Å²) in [6.07, 6.45) is 19.3. The van der Waals surface area contributed by atoms with Crippen molar-refractivity contribution >= 4 is 15.9 Å². The molecule has 0 aromatic heterocycles. The molecule has 0 N–H and O–H groups in total. The SMILES string of the molecule is CC(Br)Cc1ccc(C23CC4(C)CC(C)(C2)CC(C25CC6CC(C)(CC(C)(C6)C2)C5)(C4)C3)cc1. The topological polar surface area (TPSA) is 0 Å². The average Bonchev–Trinajstić information content (AvgIpc) is 2.62. The lowest BCUT2D eigenvalue weighted by molar-refractivity contribution is -0.270. The Morgan fingerprint density at radius 2 is 1.21 bits per heavy atom. The lowest BCUT2D eigenvalue weighted by Gasteiger charge is -2.78. The Hall–Kier alpha value is -0.300. The Balaban J connectivity index is 1.33. The Morgan fingerprint density at radius 1 is 0.676 bits per heavy atom. The summed E-state index contributed by atoms with van der Waals surface area (Å²) < 4.78 is 0. The Morgan fingerprint density at radius 3 is 1.74 bits per heavy atom. The van der Waals surface area contributed by atoms with E-state index in [1.54, 1.807) is 24.8 Å². The highest BCUT2D eigenvalue weighted by Crippen LogP contribution is 2.83. The van der Waals surface area contributed by atoms with Crippen LogP contribution in [0.2, 0.25) is 0 Å². The van der Waals surface area contributed by atoms with Gasteiger partial charge in [-0.2, -0.15) is 0 Å². The van der Waals surface area contributed by atoms with E-state index in [-0.39, 0.29) is 0 Å². The lowest BCUT2D eigenvalue weighted by atomic mass is 9.26. The highest BCUT2D eigenvalue weighted by molar-refractivity contribution is 9.09. The van der Waals surface area contributed by atoms with Crippen molar-refractivity contribution in [3.63, 3.8) is 0 Å². The first-order valence-corrected chi connectivity index (χ1v) is 15.4. The third-order valence-electron chi connectivity index (χ3n) is 12.4. The summed E-state index contributed by atoms with van der Waals surface area (Å²) in [6.45, 7) is 13.1. The lowest BCUT2D eigenvalue weighted by Crippen LogP contribution is -2.69. The highest BCUT2D eigenvalue weighted by Gasteiger charge is 2.74. The van der Waals surface area contributed by atoms with Gasteiger partial charge in [0.1, 0.15) is 0 Å². The quantitative estimate of drug-likeness (QED) is 0.345. The summed E-state index contributed by atoms with van der Waals surface area (Å²) in [5.74, 6) is 1.02. The molecule has 0 aliphatic heterocycles. The van der Waals surface area contributed by atoms with Gasteiger partial charge in [0.2, 0.25) is 0 Å².